The molecule has 2 N–H and O–H groups in total. The van der Waals surface area contributed by atoms with Crippen LogP contribution in [-0.2, 0) is 17.6 Å². The molecule has 3 aliphatic rings. The van der Waals surface area contributed by atoms with E-state index in [-0.39, 0.29) is 35.6 Å². The van der Waals surface area contributed by atoms with Gasteiger partial charge in [-0.25, -0.2) is 0 Å². The Morgan fingerprint density at radius 3 is 2.50 bits per heavy atom. The van der Waals surface area contributed by atoms with Crippen molar-refractivity contribution in [2.75, 3.05) is 39.9 Å². The topological polar surface area (TPSA) is 48.9 Å². The number of halogens is 1. The van der Waals surface area contributed by atoms with Crippen molar-refractivity contribution < 1.29 is 4.74 Å². The second-order valence-corrected chi connectivity index (χ2v) is 9.06. The lowest BCUT2D eigenvalue weighted by atomic mass is 9.88. The molecule has 1 aromatic rings. The van der Waals surface area contributed by atoms with Crippen molar-refractivity contribution in [1.82, 2.24) is 15.5 Å². The number of likely N-dealkylation sites (tertiary alicyclic amines) is 1. The fourth-order valence-electron chi connectivity index (χ4n) is 5.30. The van der Waals surface area contributed by atoms with Crippen molar-refractivity contribution in [3.05, 3.63) is 34.9 Å². The number of benzene rings is 1. The fraction of sp³-hybridized carbons (Fsp3) is 0.708. The van der Waals surface area contributed by atoms with E-state index in [1.807, 2.05) is 7.05 Å². The van der Waals surface area contributed by atoms with E-state index in [9.17, 15) is 0 Å². The van der Waals surface area contributed by atoms with Crippen LogP contribution < -0.4 is 10.6 Å². The van der Waals surface area contributed by atoms with Crippen molar-refractivity contribution >= 4 is 29.9 Å². The van der Waals surface area contributed by atoms with Crippen molar-refractivity contribution in [3.63, 3.8) is 0 Å². The number of hydrogen-bond acceptors (Lipinski definition) is 3. The van der Waals surface area contributed by atoms with E-state index >= 15 is 0 Å². The first-order valence-electron chi connectivity index (χ1n) is 11.6. The highest BCUT2D eigenvalue weighted by atomic mass is 127. The summed E-state index contributed by atoms with van der Waals surface area (Å²) in [4.78, 5) is 7.22. The van der Waals surface area contributed by atoms with Crippen LogP contribution in [0.25, 0.3) is 0 Å². The first-order valence-corrected chi connectivity index (χ1v) is 11.6. The Bertz CT molecular complexity index is 711. The van der Waals surface area contributed by atoms with Crippen LogP contribution in [0, 0.1) is 0 Å². The normalized spacial score (nSPS) is 22.7. The van der Waals surface area contributed by atoms with Gasteiger partial charge in [-0.3, -0.25) is 9.89 Å². The maximum absolute atomic E-state index is 5.68. The Morgan fingerprint density at radius 1 is 1.10 bits per heavy atom. The first-order chi connectivity index (χ1) is 14.2. The lowest BCUT2D eigenvalue weighted by molar-refractivity contribution is -0.0164. The minimum Gasteiger partial charge on any atom is -0.381 e. The molecule has 0 aromatic heterocycles. The molecule has 2 heterocycles. The van der Waals surface area contributed by atoms with Crippen molar-refractivity contribution in [3.8, 4) is 0 Å². The average molecular weight is 527 g/mol. The van der Waals surface area contributed by atoms with Gasteiger partial charge >= 0.3 is 0 Å². The van der Waals surface area contributed by atoms with E-state index in [0.29, 0.717) is 0 Å². The van der Waals surface area contributed by atoms with Crippen LogP contribution in [0.1, 0.15) is 68.2 Å². The highest BCUT2D eigenvalue weighted by molar-refractivity contribution is 14.0. The molecule has 1 aliphatic carbocycles. The zero-order valence-electron chi connectivity index (χ0n) is 18.7. The minimum atomic E-state index is 0. The van der Waals surface area contributed by atoms with Crippen LogP contribution >= 0.6 is 24.0 Å². The van der Waals surface area contributed by atoms with Crippen molar-refractivity contribution in [1.29, 1.82) is 0 Å². The van der Waals surface area contributed by atoms with E-state index in [1.165, 1.54) is 57.2 Å². The molecule has 2 saturated heterocycles. The molecule has 1 aromatic carbocycles. The van der Waals surface area contributed by atoms with E-state index in [0.717, 1.165) is 38.6 Å². The first kappa shape index (κ1) is 23.8. The fourth-order valence-corrected chi connectivity index (χ4v) is 5.30. The summed E-state index contributed by atoms with van der Waals surface area (Å²) in [6.45, 7) is 7.36. The number of aliphatic imine (C=N–C) groups is 1. The SMILES string of the molecule is CN=C(NCC1(N2CCCC2)CCOCC1)NC(C)c1ccc2c(c1)CCCC2.I. The van der Waals surface area contributed by atoms with Gasteiger partial charge in [0.15, 0.2) is 5.96 Å². The van der Waals surface area contributed by atoms with Crippen LogP contribution in [-0.4, -0.2) is 56.3 Å². The summed E-state index contributed by atoms with van der Waals surface area (Å²) in [7, 11) is 1.88. The molecule has 0 bridgehead atoms. The third kappa shape index (κ3) is 5.49. The van der Waals surface area contributed by atoms with Gasteiger partial charge in [0.25, 0.3) is 0 Å². The molecular weight excluding hydrogens is 487 g/mol. The highest BCUT2D eigenvalue weighted by Crippen LogP contribution is 2.31. The lowest BCUT2D eigenvalue weighted by Gasteiger charge is -2.45. The smallest absolute Gasteiger partial charge is 0.191 e. The van der Waals surface area contributed by atoms with Crippen LogP contribution in [0.15, 0.2) is 23.2 Å². The Kier molecular flexibility index (Phi) is 8.83. The lowest BCUT2D eigenvalue weighted by Crippen LogP contribution is -2.58. The number of fused-ring (bicyclic) bond motifs is 1. The molecule has 2 fully saturated rings. The van der Waals surface area contributed by atoms with E-state index < -0.39 is 0 Å². The number of rotatable bonds is 5. The zero-order valence-corrected chi connectivity index (χ0v) is 21.0. The maximum Gasteiger partial charge on any atom is 0.191 e. The molecule has 30 heavy (non-hydrogen) atoms. The number of guanidine groups is 1. The van der Waals surface area contributed by atoms with E-state index in [4.69, 9.17) is 4.74 Å². The summed E-state index contributed by atoms with van der Waals surface area (Å²) in [5.41, 5.74) is 4.65. The highest BCUT2D eigenvalue weighted by Gasteiger charge is 2.39. The molecule has 0 amide bonds. The Morgan fingerprint density at radius 2 is 1.80 bits per heavy atom. The third-order valence-electron chi connectivity index (χ3n) is 7.23. The molecule has 0 spiro atoms. The van der Waals surface area contributed by atoms with Gasteiger partial charge in [0.05, 0.1) is 6.04 Å². The predicted octanol–water partition coefficient (Wildman–Crippen LogP) is 4.05. The number of nitrogens with one attached hydrogen (secondary N) is 2. The van der Waals surface area contributed by atoms with Crippen molar-refractivity contribution in [2.24, 2.45) is 4.99 Å². The van der Waals surface area contributed by atoms with Crippen LogP contribution in [0.3, 0.4) is 0 Å². The molecular formula is C24H39IN4O. The molecule has 6 heteroatoms. The Labute approximate surface area is 199 Å². The number of aryl methyl sites for hydroxylation is 2. The summed E-state index contributed by atoms with van der Waals surface area (Å²) < 4.78 is 5.68. The van der Waals surface area contributed by atoms with Crippen molar-refractivity contribution in [2.45, 2.75) is 69.9 Å². The van der Waals surface area contributed by atoms with Crippen LogP contribution in [0.5, 0.6) is 0 Å². The van der Waals surface area contributed by atoms with Gasteiger partial charge in [-0.2, -0.15) is 0 Å². The van der Waals surface area contributed by atoms with Gasteiger partial charge in [0.1, 0.15) is 0 Å². The van der Waals surface area contributed by atoms with Gasteiger partial charge in [0, 0.05) is 32.3 Å². The van der Waals surface area contributed by atoms with Crippen LogP contribution in [0.2, 0.25) is 0 Å². The van der Waals surface area contributed by atoms with Crippen LogP contribution in [0.4, 0.5) is 0 Å². The summed E-state index contributed by atoms with van der Waals surface area (Å²) >= 11 is 0. The quantitative estimate of drug-likeness (QED) is 0.345. The Balaban J connectivity index is 0.00000256. The van der Waals surface area contributed by atoms with E-state index in [2.05, 4.69) is 45.6 Å². The number of ether oxygens (including phenoxy) is 1. The van der Waals surface area contributed by atoms with Gasteiger partial charge < -0.3 is 15.4 Å². The second-order valence-electron chi connectivity index (χ2n) is 9.06. The standard InChI is InChI=1S/C24H38N4O.HI/c1-19(21-10-9-20-7-3-4-8-22(20)17-21)27-23(25-2)26-18-24(11-15-29-16-12-24)28-13-5-6-14-28;/h9-10,17,19H,3-8,11-16,18H2,1-2H3,(H2,25,26,27);1H. The Hall–Kier alpha value is -0.860. The van der Waals surface area contributed by atoms with E-state index in [1.54, 1.807) is 11.1 Å². The van der Waals surface area contributed by atoms with Gasteiger partial charge in [-0.15, -0.1) is 24.0 Å². The molecule has 5 nitrogen and oxygen atoms in total. The number of hydrogen-bond donors (Lipinski definition) is 2. The monoisotopic (exact) mass is 526 g/mol. The molecule has 2 aliphatic heterocycles. The van der Waals surface area contributed by atoms with Gasteiger partial charge in [-0.05, 0) is 88.1 Å². The third-order valence-corrected chi connectivity index (χ3v) is 7.23. The molecule has 1 atom stereocenters. The summed E-state index contributed by atoms with van der Waals surface area (Å²) in [5, 5.41) is 7.29. The molecule has 168 valence electrons. The van der Waals surface area contributed by atoms with Gasteiger partial charge in [0.2, 0.25) is 0 Å². The second kappa shape index (κ2) is 11.1. The predicted molar refractivity (Wildman–Crippen MR) is 135 cm³/mol. The summed E-state index contributed by atoms with van der Waals surface area (Å²) in [6.07, 6.45) is 9.99. The average Bonchev–Trinajstić information content (AvgIpc) is 3.32. The largest absolute Gasteiger partial charge is 0.381 e. The molecule has 1 unspecified atom stereocenters. The zero-order chi connectivity index (χ0) is 20.1. The summed E-state index contributed by atoms with van der Waals surface area (Å²) in [6, 6.07) is 7.27. The van der Waals surface area contributed by atoms with Gasteiger partial charge in [-0.1, -0.05) is 18.2 Å². The number of nitrogens with zero attached hydrogens (tertiary/aromatic N) is 2. The summed E-state index contributed by atoms with van der Waals surface area (Å²) in [5.74, 6) is 0.903. The molecule has 0 radical (unpaired) electrons. The molecule has 0 saturated carbocycles. The minimum absolute atomic E-state index is 0. The maximum atomic E-state index is 5.68. The molecule has 4 rings (SSSR count).